The summed E-state index contributed by atoms with van der Waals surface area (Å²) in [6.07, 6.45) is 0. The van der Waals surface area contributed by atoms with E-state index < -0.39 is 5.60 Å². The first kappa shape index (κ1) is 17.5. The Labute approximate surface area is 151 Å². The lowest BCUT2D eigenvalue weighted by Crippen LogP contribution is -2.16. The van der Waals surface area contributed by atoms with Crippen LogP contribution in [0, 0.1) is 13.8 Å². The number of carbonyl (C=O) groups excluding carboxylic acids is 1. The average Bonchev–Trinajstić information content (AvgIpc) is 2.84. The van der Waals surface area contributed by atoms with Gasteiger partial charge in [0.2, 0.25) is 0 Å². The van der Waals surface area contributed by atoms with Gasteiger partial charge in [-0.2, -0.15) is 0 Å². The number of aliphatic hydroxyl groups is 1. The molecule has 1 aromatic heterocycles. The summed E-state index contributed by atoms with van der Waals surface area (Å²) in [4.78, 5) is 12.7. The number of hydrogen-bond acceptors (Lipinski definition) is 3. The van der Waals surface area contributed by atoms with E-state index in [2.05, 4.69) is 5.32 Å². The number of nitrogens with one attached hydrogen (secondary N) is 1. The molecule has 1 amide bonds. The van der Waals surface area contributed by atoms with Gasteiger partial charge in [-0.1, -0.05) is 35.9 Å². The molecule has 3 rings (SSSR count). The second kappa shape index (κ2) is 6.21. The maximum Gasteiger partial charge on any atom is 0.257 e. The largest absolute Gasteiger partial charge is 0.459 e. The molecule has 0 aliphatic heterocycles. The molecule has 0 aliphatic rings. The number of furan rings is 1. The Bertz CT molecular complexity index is 947. The molecule has 5 heteroatoms. The number of aryl methyl sites for hydroxylation is 2. The number of anilines is 1. The van der Waals surface area contributed by atoms with Gasteiger partial charge in [-0.15, -0.1) is 0 Å². The van der Waals surface area contributed by atoms with Crippen molar-refractivity contribution in [3.8, 4) is 0 Å². The minimum absolute atomic E-state index is 0.297. The van der Waals surface area contributed by atoms with E-state index in [1.165, 1.54) is 0 Å². The molecule has 4 nitrogen and oxygen atoms in total. The van der Waals surface area contributed by atoms with E-state index in [0.717, 1.165) is 10.9 Å². The van der Waals surface area contributed by atoms with Gasteiger partial charge in [0.15, 0.2) is 5.58 Å². The molecule has 0 fully saturated rings. The molecular formula is C20H20ClNO3. The molecule has 0 unspecified atom stereocenters. The van der Waals surface area contributed by atoms with Crippen molar-refractivity contribution in [1.29, 1.82) is 0 Å². The SMILES string of the molecule is Cc1cccc(Cl)c1C(=O)Nc1cccc2c(C(C)(C)O)c(C)oc12. The molecule has 0 radical (unpaired) electrons. The van der Waals surface area contributed by atoms with Crippen molar-refractivity contribution in [1.82, 2.24) is 0 Å². The van der Waals surface area contributed by atoms with Crippen LogP contribution < -0.4 is 5.32 Å². The summed E-state index contributed by atoms with van der Waals surface area (Å²) in [5.74, 6) is 0.326. The summed E-state index contributed by atoms with van der Waals surface area (Å²) in [5, 5.41) is 14.5. The van der Waals surface area contributed by atoms with E-state index in [1.54, 1.807) is 39.0 Å². The summed E-state index contributed by atoms with van der Waals surface area (Å²) < 4.78 is 5.85. The summed E-state index contributed by atoms with van der Waals surface area (Å²) in [6, 6.07) is 10.8. The van der Waals surface area contributed by atoms with Crippen LogP contribution in [0.3, 0.4) is 0 Å². The van der Waals surface area contributed by atoms with Crippen LogP contribution in [0.25, 0.3) is 11.0 Å². The molecule has 0 atom stereocenters. The molecule has 0 bridgehead atoms. The highest BCUT2D eigenvalue weighted by molar-refractivity contribution is 6.34. The highest BCUT2D eigenvalue weighted by Crippen LogP contribution is 2.37. The fourth-order valence-corrected chi connectivity index (χ4v) is 3.51. The predicted molar refractivity (Wildman–Crippen MR) is 100 cm³/mol. The van der Waals surface area contributed by atoms with Crippen molar-refractivity contribution < 1.29 is 14.3 Å². The lowest BCUT2D eigenvalue weighted by molar-refractivity contribution is 0.0783. The van der Waals surface area contributed by atoms with Crippen LogP contribution >= 0.6 is 11.6 Å². The summed E-state index contributed by atoms with van der Waals surface area (Å²) in [7, 11) is 0. The summed E-state index contributed by atoms with van der Waals surface area (Å²) in [5.41, 5.74) is 1.98. The quantitative estimate of drug-likeness (QED) is 0.678. The van der Waals surface area contributed by atoms with Gasteiger partial charge < -0.3 is 14.8 Å². The van der Waals surface area contributed by atoms with Crippen LogP contribution in [-0.2, 0) is 5.60 Å². The summed E-state index contributed by atoms with van der Waals surface area (Å²) >= 11 is 6.18. The van der Waals surface area contributed by atoms with Crippen molar-refractivity contribution in [3.63, 3.8) is 0 Å². The lowest BCUT2D eigenvalue weighted by Gasteiger charge is -2.17. The first-order valence-corrected chi connectivity index (χ1v) is 8.39. The van der Waals surface area contributed by atoms with Gasteiger partial charge in [0.05, 0.1) is 21.9 Å². The van der Waals surface area contributed by atoms with Gasteiger partial charge in [-0.25, -0.2) is 0 Å². The van der Waals surface area contributed by atoms with Crippen LogP contribution in [0.5, 0.6) is 0 Å². The number of fused-ring (bicyclic) bond motifs is 1. The second-order valence-electron chi connectivity index (χ2n) is 6.66. The zero-order valence-electron chi connectivity index (χ0n) is 14.6. The van der Waals surface area contributed by atoms with Crippen LogP contribution in [-0.4, -0.2) is 11.0 Å². The topological polar surface area (TPSA) is 62.5 Å². The Balaban J connectivity index is 2.07. The van der Waals surface area contributed by atoms with Gasteiger partial charge >= 0.3 is 0 Å². The van der Waals surface area contributed by atoms with E-state index in [-0.39, 0.29) is 5.91 Å². The Morgan fingerprint density at radius 1 is 1.16 bits per heavy atom. The molecule has 3 aromatic rings. The molecule has 0 saturated heterocycles. The number of para-hydroxylation sites is 1. The zero-order valence-corrected chi connectivity index (χ0v) is 15.4. The Kier molecular flexibility index (Phi) is 4.35. The van der Waals surface area contributed by atoms with Crippen LogP contribution in [0.1, 0.15) is 41.1 Å². The maximum atomic E-state index is 12.7. The molecule has 25 heavy (non-hydrogen) atoms. The van der Waals surface area contributed by atoms with Crippen LogP contribution in [0.4, 0.5) is 5.69 Å². The molecule has 0 saturated carbocycles. The monoisotopic (exact) mass is 357 g/mol. The Morgan fingerprint density at radius 2 is 1.84 bits per heavy atom. The standard InChI is InChI=1S/C20H20ClNO3/c1-11-7-5-9-14(21)16(11)19(23)22-15-10-6-8-13-17(20(3,4)24)12(2)25-18(13)15/h5-10,24H,1-4H3,(H,22,23). The fraction of sp³-hybridized carbons (Fsp3) is 0.250. The Morgan fingerprint density at radius 3 is 2.48 bits per heavy atom. The highest BCUT2D eigenvalue weighted by Gasteiger charge is 2.26. The van der Waals surface area contributed by atoms with Gasteiger partial charge in [-0.3, -0.25) is 4.79 Å². The smallest absolute Gasteiger partial charge is 0.257 e. The van der Waals surface area contributed by atoms with Gasteiger partial charge in [0.25, 0.3) is 5.91 Å². The molecular weight excluding hydrogens is 338 g/mol. The zero-order chi connectivity index (χ0) is 18.4. The first-order valence-electron chi connectivity index (χ1n) is 8.01. The number of hydrogen-bond donors (Lipinski definition) is 2. The second-order valence-corrected chi connectivity index (χ2v) is 7.07. The minimum Gasteiger partial charge on any atom is -0.459 e. The fourth-order valence-electron chi connectivity index (χ4n) is 3.20. The minimum atomic E-state index is -1.04. The third-order valence-corrected chi connectivity index (χ3v) is 4.52. The van der Waals surface area contributed by atoms with Crippen molar-refractivity contribution >= 4 is 34.2 Å². The van der Waals surface area contributed by atoms with Gasteiger partial charge in [-0.05, 0) is 45.4 Å². The van der Waals surface area contributed by atoms with E-state index in [4.69, 9.17) is 16.0 Å². The number of carbonyl (C=O) groups is 1. The number of rotatable bonds is 3. The number of halogens is 1. The average molecular weight is 358 g/mol. The van der Waals surface area contributed by atoms with Crippen LogP contribution in [0.2, 0.25) is 5.02 Å². The molecule has 0 aliphatic carbocycles. The number of benzene rings is 2. The van der Waals surface area contributed by atoms with Gasteiger partial charge in [0.1, 0.15) is 5.76 Å². The molecule has 1 heterocycles. The number of amides is 1. The molecule has 2 aromatic carbocycles. The van der Waals surface area contributed by atoms with Crippen molar-refractivity contribution in [2.75, 3.05) is 5.32 Å². The molecule has 2 N–H and O–H groups in total. The first-order chi connectivity index (χ1) is 11.7. The van der Waals surface area contributed by atoms with E-state index in [9.17, 15) is 9.90 Å². The summed E-state index contributed by atoms with van der Waals surface area (Å²) in [6.45, 7) is 7.06. The Hall–Kier alpha value is -2.30. The van der Waals surface area contributed by atoms with Gasteiger partial charge in [0, 0.05) is 10.9 Å². The van der Waals surface area contributed by atoms with E-state index in [0.29, 0.717) is 33.2 Å². The van der Waals surface area contributed by atoms with Crippen molar-refractivity contribution in [2.24, 2.45) is 0 Å². The van der Waals surface area contributed by atoms with Crippen molar-refractivity contribution in [3.05, 3.63) is 63.9 Å². The molecule has 0 spiro atoms. The predicted octanol–water partition coefficient (Wildman–Crippen LogP) is 5.18. The molecule has 130 valence electrons. The highest BCUT2D eigenvalue weighted by atomic mass is 35.5. The van der Waals surface area contributed by atoms with Crippen molar-refractivity contribution in [2.45, 2.75) is 33.3 Å². The maximum absolute atomic E-state index is 12.7. The third-order valence-electron chi connectivity index (χ3n) is 4.20. The normalized spacial score (nSPS) is 11.8. The third kappa shape index (κ3) is 3.15. The van der Waals surface area contributed by atoms with E-state index >= 15 is 0 Å². The lowest BCUT2D eigenvalue weighted by atomic mass is 9.95. The van der Waals surface area contributed by atoms with Crippen LogP contribution in [0.15, 0.2) is 40.8 Å². The van der Waals surface area contributed by atoms with E-state index in [1.807, 2.05) is 25.1 Å².